The highest BCUT2D eigenvalue weighted by Crippen LogP contribution is 2.19. The molecule has 0 heterocycles. The maximum atomic E-state index is 10.7. The molecule has 0 aliphatic heterocycles. The minimum Gasteiger partial charge on any atom is -0.481 e. The first-order valence-electron chi connectivity index (χ1n) is 4.52. The Balaban J connectivity index is 2.88. The van der Waals surface area contributed by atoms with Crippen molar-refractivity contribution in [1.29, 1.82) is 0 Å². The van der Waals surface area contributed by atoms with E-state index in [-0.39, 0.29) is 0 Å². The SMILES string of the molecule is C[C@H](C(=O)O)c1ccc(N(C)C)cc1. The van der Waals surface area contributed by atoms with Gasteiger partial charge in [-0.05, 0) is 24.6 Å². The van der Waals surface area contributed by atoms with Crippen LogP contribution in [-0.4, -0.2) is 25.2 Å². The van der Waals surface area contributed by atoms with Crippen molar-refractivity contribution in [3.8, 4) is 0 Å². The predicted molar refractivity (Wildman–Crippen MR) is 56.8 cm³/mol. The molecule has 76 valence electrons. The molecule has 1 rings (SSSR count). The van der Waals surface area contributed by atoms with Crippen LogP contribution in [0.5, 0.6) is 0 Å². The summed E-state index contributed by atoms with van der Waals surface area (Å²) in [5.41, 5.74) is 1.91. The fraction of sp³-hybridized carbons (Fsp3) is 0.364. The van der Waals surface area contributed by atoms with Crippen LogP contribution in [0.2, 0.25) is 0 Å². The van der Waals surface area contributed by atoms with Crippen molar-refractivity contribution < 1.29 is 9.90 Å². The van der Waals surface area contributed by atoms with Gasteiger partial charge >= 0.3 is 5.97 Å². The van der Waals surface area contributed by atoms with Crippen LogP contribution in [-0.2, 0) is 4.79 Å². The highest BCUT2D eigenvalue weighted by molar-refractivity contribution is 5.75. The minimum atomic E-state index is -0.789. The largest absolute Gasteiger partial charge is 0.481 e. The van der Waals surface area contributed by atoms with Crippen LogP contribution in [0.15, 0.2) is 24.3 Å². The van der Waals surface area contributed by atoms with Gasteiger partial charge in [-0.15, -0.1) is 0 Å². The van der Waals surface area contributed by atoms with Gasteiger partial charge in [-0.1, -0.05) is 12.1 Å². The molecule has 0 aliphatic carbocycles. The molecule has 1 atom stereocenters. The maximum absolute atomic E-state index is 10.7. The van der Waals surface area contributed by atoms with Crippen molar-refractivity contribution in [2.75, 3.05) is 19.0 Å². The van der Waals surface area contributed by atoms with Crippen molar-refractivity contribution in [1.82, 2.24) is 0 Å². The van der Waals surface area contributed by atoms with E-state index in [1.54, 1.807) is 6.92 Å². The number of aliphatic carboxylic acids is 1. The molecule has 1 N–H and O–H groups in total. The molecule has 3 nitrogen and oxygen atoms in total. The van der Waals surface area contributed by atoms with Gasteiger partial charge in [0.2, 0.25) is 0 Å². The summed E-state index contributed by atoms with van der Waals surface area (Å²) < 4.78 is 0. The Morgan fingerprint density at radius 3 is 2.14 bits per heavy atom. The van der Waals surface area contributed by atoms with E-state index in [4.69, 9.17) is 5.11 Å². The number of hydrogen-bond donors (Lipinski definition) is 1. The van der Waals surface area contributed by atoms with Crippen LogP contribution in [0.3, 0.4) is 0 Å². The number of anilines is 1. The van der Waals surface area contributed by atoms with E-state index in [1.165, 1.54) is 0 Å². The van der Waals surface area contributed by atoms with Gasteiger partial charge in [0, 0.05) is 19.8 Å². The first-order valence-corrected chi connectivity index (χ1v) is 4.52. The third-order valence-corrected chi connectivity index (χ3v) is 2.28. The monoisotopic (exact) mass is 193 g/mol. The fourth-order valence-electron chi connectivity index (χ4n) is 1.20. The Labute approximate surface area is 84.0 Å². The summed E-state index contributed by atoms with van der Waals surface area (Å²) in [5, 5.41) is 8.80. The molecule has 0 aromatic heterocycles. The van der Waals surface area contributed by atoms with E-state index < -0.39 is 11.9 Å². The summed E-state index contributed by atoms with van der Waals surface area (Å²) in [5.74, 6) is -1.23. The van der Waals surface area contributed by atoms with Crippen molar-refractivity contribution >= 4 is 11.7 Å². The number of carboxylic acids is 1. The molecule has 0 bridgehead atoms. The molecule has 0 fully saturated rings. The minimum absolute atomic E-state index is 0.439. The summed E-state index contributed by atoms with van der Waals surface area (Å²) in [6.07, 6.45) is 0. The third-order valence-electron chi connectivity index (χ3n) is 2.28. The second-order valence-corrected chi connectivity index (χ2v) is 3.55. The molecular weight excluding hydrogens is 178 g/mol. The van der Waals surface area contributed by atoms with Gasteiger partial charge in [-0.2, -0.15) is 0 Å². The van der Waals surface area contributed by atoms with Crippen LogP contribution in [0.1, 0.15) is 18.4 Å². The van der Waals surface area contributed by atoms with Crippen LogP contribution in [0.25, 0.3) is 0 Å². The molecule has 1 aromatic carbocycles. The fourth-order valence-corrected chi connectivity index (χ4v) is 1.20. The van der Waals surface area contributed by atoms with Crippen molar-refractivity contribution in [3.63, 3.8) is 0 Å². The molecule has 0 amide bonds. The second kappa shape index (κ2) is 4.13. The standard InChI is InChI=1S/C11H15NO2/c1-8(11(13)14)9-4-6-10(7-5-9)12(2)3/h4-8H,1-3H3,(H,13,14)/t8-/m0/s1. The van der Waals surface area contributed by atoms with Gasteiger partial charge in [-0.3, -0.25) is 4.79 Å². The van der Waals surface area contributed by atoms with Crippen LogP contribution in [0, 0.1) is 0 Å². The zero-order valence-electron chi connectivity index (χ0n) is 8.69. The Morgan fingerprint density at radius 2 is 1.79 bits per heavy atom. The Morgan fingerprint density at radius 1 is 1.29 bits per heavy atom. The summed E-state index contributed by atoms with van der Waals surface area (Å²) in [7, 11) is 3.91. The molecule has 0 saturated heterocycles. The van der Waals surface area contributed by atoms with Crippen molar-refractivity contribution in [2.45, 2.75) is 12.8 Å². The van der Waals surface area contributed by atoms with Gasteiger partial charge in [-0.25, -0.2) is 0 Å². The zero-order valence-corrected chi connectivity index (χ0v) is 8.69. The lowest BCUT2D eigenvalue weighted by Gasteiger charge is -2.13. The van der Waals surface area contributed by atoms with Gasteiger partial charge in [0.1, 0.15) is 0 Å². The topological polar surface area (TPSA) is 40.5 Å². The van der Waals surface area contributed by atoms with E-state index in [0.717, 1.165) is 11.3 Å². The smallest absolute Gasteiger partial charge is 0.310 e. The summed E-state index contributed by atoms with van der Waals surface area (Å²) in [6, 6.07) is 7.56. The van der Waals surface area contributed by atoms with E-state index in [1.807, 2.05) is 43.3 Å². The number of carbonyl (C=O) groups is 1. The van der Waals surface area contributed by atoms with Gasteiger partial charge in [0.05, 0.1) is 5.92 Å². The number of hydrogen-bond acceptors (Lipinski definition) is 2. The number of rotatable bonds is 3. The second-order valence-electron chi connectivity index (χ2n) is 3.55. The van der Waals surface area contributed by atoms with E-state index >= 15 is 0 Å². The van der Waals surface area contributed by atoms with Crippen molar-refractivity contribution in [3.05, 3.63) is 29.8 Å². The molecular formula is C11H15NO2. The normalized spacial score (nSPS) is 12.2. The van der Waals surface area contributed by atoms with Crippen LogP contribution < -0.4 is 4.90 Å². The first kappa shape index (κ1) is 10.6. The Hall–Kier alpha value is -1.51. The maximum Gasteiger partial charge on any atom is 0.310 e. The molecule has 3 heteroatoms. The lowest BCUT2D eigenvalue weighted by molar-refractivity contribution is -0.138. The van der Waals surface area contributed by atoms with E-state index in [9.17, 15) is 4.79 Å². The summed E-state index contributed by atoms with van der Waals surface area (Å²) in [4.78, 5) is 12.7. The molecule has 0 unspecified atom stereocenters. The van der Waals surface area contributed by atoms with Gasteiger partial charge in [0.15, 0.2) is 0 Å². The molecule has 0 aliphatic rings. The number of benzene rings is 1. The van der Waals surface area contributed by atoms with Crippen molar-refractivity contribution in [2.24, 2.45) is 0 Å². The predicted octanol–water partition coefficient (Wildman–Crippen LogP) is 1.94. The van der Waals surface area contributed by atoms with Crippen LogP contribution in [0.4, 0.5) is 5.69 Å². The highest BCUT2D eigenvalue weighted by Gasteiger charge is 2.12. The highest BCUT2D eigenvalue weighted by atomic mass is 16.4. The lowest BCUT2D eigenvalue weighted by atomic mass is 10.0. The molecule has 14 heavy (non-hydrogen) atoms. The first-order chi connectivity index (χ1) is 6.52. The quantitative estimate of drug-likeness (QED) is 0.797. The average molecular weight is 193 g/mol. The van der Waals surface area contributed by atoms with Gasteiger partial charge in [0.25, 0.3) is 0 Å². The molecule has 0 radical (unpaired) electrons. The van der Waals surface area contributed by atoms with E-state index in [0.29, 0.717) is 0 Å². The van der Waals surface area contributed by atoms with E-state index in [2.05, 4.69) is 0 Å². The number of nitrogens with zero attached hydrogens (tertiary/aromatic N) is 1. The summed E-state index contributed by atoms with van der Waals surface area (Å²) >= 11 is 0. The molecule has 0 spiro atoms. The Kier molecular flexibility index (Phi) is 3.12. The molecule has 1 aromatic rings. The summed E-state index contributed by atoms with van der Waals surface area (Å²) in [6.45, 7) is 1.69. The lowest BCUT2D eigenvalue weighted by Crippen LogP contribution is -2.10. The average Bonchev–Trinajstić information content (AvgIpc) is 2.16. The third kappa shape index (κ3) is 2.25. The van der Waals surface area contributed by atoms with Crippen LogP contribution >= 0.6 is 0 Å². The zero-order chi connectivity index (χ0) is 10.7. The number of carboxylic acid groups (broad SMARTS) is 1. The molecule has 0 saturated carbocycles. The Bertz CT molecular complexity index is 317. The van der Waals surface area contributed by atoms with Gasteiger partial charge < -0.3 is 10.0 Å².